The van der Waals surface area contributed by atoms with Crippen LogP contribution in [0.1, 0.15) is 18.1 Å². The molecule has 1 aliphatic heterocycles. The summed E-state index contributed by atoms with van der Waals surface area (Å²) in [6.07, 6.45) is 0.523. The summed E-state index contributed by atoms with van der Waals surface area (Å²) in [4.78, 5) is 5.48. The Bertz CT molecular complexity index is 566. The minimum atomic E-state index is -3.37. The Morgan fingerprint density at radius 1 is 1.33 bits per heavy atom. The Labute approximate surface area is 115 Å². The average molecular weight is 333 g/mol. The van der Waals surface area contributed by atoms with Crippen LogP contribution >= 0.6 is 15.9 Å². The second kappa shape index (κ2) is 4.99. The molecule has 7 heteroatoms. The fourth-order valence-electron chi connectivity index (χ4n) is 1.59. The van der Waals surface area contributed by atoms with Gasteiger partial charge in [-0.2, -0.15) is 0 Å². The van der Waals surface area contributed by atoms with Crippen molar-refractivity contribution in [2.75, 3.05) is 14.1 Å². The van der Waals surface area contributed by atoms with Crippen LogP contribution in [0.5, 0.6) is 0 Å². The molecule has 0 aromatic heterocycles. The van der Waals surface area contributed by atoms with E-state index in [-0.39, 0.29) is 11.0 Å². The summed E-state index contributed by atoms with van der Waals surface area (Å²) < 4.78 is 25.7. The summed E-state index contributed by atoms with van der Waals surface area (Å²) in [6.45, 7) is 0. The van der Waals surface area contributed by atoms with Crippen LogP contribution in [0.4, 0.5) is 0 Å². The van der Waals surface area contributed by atoms with Gasteiger partial charge in [-0.1, -0.05) is 17.3 Å². The highest BCUT2D eigenvalue weighted by molar-refractivity contribution is 9.18. The van der Waals surface area contributed by atoms with E-state index in [9.17, 15) is 8.42 Å². The summed E-state index contributed by atoms with van der Waals surface area (Å²) in [5.41, 5.74) is 0.908. The van der Waals surface area contributed by atoms with Crippen molar-refractivity contribution in [3.8, 4) is 0 Å². The number of nitrogens with zero attached hydrogens (tertiary/aromatic N) is 2. The van der Waals surface area contributed by atoms with E-state index in [4.69, 9.17) is 4.84 Å². The molecule has 1 aromatic rings. The highest BCUT2D eigenvalue weighted by atomic mass is 79.9. The van der Waals surface area contributed by atoms with Crippen LogP contribution in [0.3, 0.4) is 0 Å². The number of halogens is 1. The maximum absolute atomic E-state index is 11.9. The lowest BCUT2D eigenvalue weighted by molar-refractivity contribution is 0.0857. The molecular weight excluding hydrogens is 320 g/mol. The van der Waals surface area contributed by atoms with Gasteiger partial charge in [0.05, 0.1) is 4.90 Å². The van der Waals surface area contributed by atoms with Gasteiger partial charge in [0.1, 0.15) is 4.62 Å². The van der Waals surface area contributed by atoms with E-state index < -0.39 is 10.0 Å². The van der Waals surface area contributed by atoms with Crippen molar-refractivity contribution in [2.45, 2.75) is 17.4 Å². The normalized spacial score (nSPS) is 19.8. The smallest absolute Gasteiger partial charge is 0.242 e. The molecule has 0 saturated carbocycles. The van der Waals surface area contributed by atoms with Crippen molar-refractivity contribution in [3.05, 3.63) is 29.8 Å². The molecule has 98 valence electrons. The molecule has 18 heavy (non-hydrogen) atoms. The third-order valence-corrected chi connectivity index (χ3v) is 4.96. The number of hydrogen-bond acceptors (Lipinski definition) is 4. The Balaban J connectivity index is 2.21. The maximum Gasteiger partial charge on any atom is 0.242 e. The fraction of sp³-hybridized carbons (Fsp3) is 0.364. The number of benzene rings is 1. The zero-order valence-corrected chi connectivity index (χ0v) is 12.4. The van der Waals surface area contributed by atoms with E-state index in [1.807, 2.05) is 0 Å². The van der Waals surface area contributed by atoms with Crippen molar-refractivity contribution >= 4 is 30.6 Å². The summed E-state index contributed by atoms with van der Waals surface area (Å²) in [7, 11) is -0.357. The van der Waals surface area contributed by atoms with Crippen LogP contribution in [0.25, 0.3) is 0 Å². The predicted octanol–water partition coefficient (Wildman–Crippen LogP) is 2.11. The van der Waals surface area contributed by atoms with Gasteiger partial charge in [0.15, 0.2) is 6.10 Å². The van der Waals surface area contributed by atoms with E-state index in [0.717, 1.165) is 10.2 Å². The van der Waals surface area contributed by atoms with Crippen LogP contribution < -0.4 is 0 Å². The van der Waals surface area contributed by atoms with Crippen molar-refractivity contribution < 1.29 is 13.3 Å². The molecule has 0 amide bonds. The zero-order valence-electron chi connectivity index (χ0n) is 10.00. The van der Waals surface area contributed by atoms with Crippen molar-refractivity contribution in [1.82, 2.24) is 4.31 Å². The number of sulfonamides is 1. The zero-order chi connectivity index (χ0) is 13.3. The lowest BCUT2D eigenvalue weighted by Gasteiger charge is -2.13. The highest BCUT2D eigenvalue weighted by Crippen LogP contribution is 2.29. The first-order valence-electron chi connectivity index (χ1n) is 5.32. The van der Waals surface area contributed by atoms with E-state index in [0.29, 0.717) is 6.42 Å². The first-order valence-corrected chi connectivity index (χ1v) is 7.55. The molecule has 0 radical (unpaired) electrons. The van der Waals surface area contributed by atoms with Gasteiger partial charge in [0, 0.05) is 20.5 Å². The Kier molecular flexibility index (Phi) is 3.74. The molecule has 0 aliphatic carbocycles. The third-order valence-electron chi connectivity index (χ3n) is 2.66. The average Bonchev–Trinajstić information content (AvgIpc) is 2.76. The van der Waals surface area contributed by atoms with Gasteiger partial charge in [-0.25, -0.2) is 12.7 Å². The van der Waals surface area contributed by atoms with E-state index in [1.165, 1.54) is 18.4 Å². The van der Waals surface area contributed by atoms with Gasteiger partial charge in [-0.3, -0.25) is 0 Å². The molecule has 1 aromatic carbocycles. The van der Waals surface area contributed by atoms with Crippen LogP contribution in [0.2, 0.25) is 0 Å². The first-order chi connectivity index (χ1) is 8.41. The number of rotatable bonds is 3. The predicted molar refractivity (Wildman–Crippen MR) is 72.1 cm³/mol. The highest BCUT2D eigenvalue weighted by Gasteiger charge is 2.22. The monoisotopic (exact) mass is 332 g/mol. The Morgan fingerprint density at radius 2 is 1.94 bits per heavy atom. The molecule has 0 N–H and O–H groups in total. The van der Waals surface area contributed by atoms with Crippen LogP contribution in [0, 0.1) is 0 Å². The summed E-state index contributed by atoms with van der Waals surface area (Å²) in [5.74, 6) is 0. The second-order valence-electron chi connectivity index (χ2n) is 4.12. The molecule has 0 bridgehead atoms. The van der Waals surface area contributed by atoms with Crippen molar-refractivity contribution in [1.29, 1.82) is 0 Å². The first kappa shape index (κ1) is 13.5. The molecule has 2 rings (SSSR count). The van der Waals surface area contributed by atoms with Crippen LogP contribution in [-0.4, -0.2) is 31.4 Å². The van der Waals surface area contributed by atoms with Gasteiger partial charge in [0.2, 0.25) is 10.0 Å². The number of oxime groups is 1. The summed E-state index contributed by atoms with van der Waals surface area (Å²) in [5, 5.41) is 3.80. The maximum atomic E-state index is 11.9. The molecule has 1 atom stereocenters. The van der Waals surface area contributed by atoms with Gasteiger partial charge in [-0.05, 0) is 33.6 Å². The van der Waals surface area contributed by atoms with Gasteiger partial charge < -0.3 is 4.84 Å². The molecule has 0 saturated heterocycles. The second-order valence-corrected chi connectivity index (χ2v) is 7.19. The fourth-order valence-corrected chi connectivity index (χ4v) is 2.87. The van der Waals surface area contributed by atoms with Gasteiger partial charge in [0.25, 0.3) is 0 Å². The minimum absolute atomic E-state index is 0.143. The number of hydrogen-bond donors (Lipinski definition) is 0. The van der Waals surface area contributed by atoms with Crippen molar-refractivity contribution in [3.63, 3.8) is 0 Å². The van der Waals surface area contributed by atoms with E-state index in [1.54, 1.807) is 24.3 Å². The van der Waals surface area contributed by atoms with Crippen LogP contribution in [-0.2, 0) is 14.9 Å². The minimum Gasteiger partial charge on any atom is -0.386 e. The summed E-state index contributed by atoms with van der Waals surface area (Å²) >= 11 is 3.26. The van der Waals surface area contributed by atoms with Crippen molar-refractivity contribution in [2.24, 2.45) is 5.16 Å². The lowest BCUT2D eigenvalue weighted by Crippen LogP contribution is -2.22. The van der Waals surface area contributed by atoms with E-state index >= 15 is 0 Å². The Morgan fingerprint density at radius 3 is 2.39 bits per heavy atom. The van der Waals surface area contributed by atoms with Gasteiger partial charge >= 0.3 is 0 Å². The topological polar surface area (TPSA) is 59.0 Å². The molecule has 0 spiro atoms. The SMILES string of the molecule is CN(C)S(=O)(=O)c1ccc(C2CC(Br)=NO2)cc1. The summed E-state index contributed by atoms with van der Waals surface area (Å²) in [6, 6.07) is 6.67. The third kappa shape index (κ3) is 2.57. The standard InChI is InChI=1S/C11H13BrN2O3S/c1-14(2)18(15,16)9-5-3-8(4-6-9)10-7-11(12)13-17-10/h3-6,10H,7H2,1-2H3. The molecule has 1 unspecified atom stereocenters. The van der Waals surface area contributed by atoms with E-state index in [2.05, 4.69) is 21.1 Å². The lowest BCUT2D eigenvalue weighted by atomic mass is 10.1. The van der Waals surface area contributed by atoms with Crippen LogP contribution in [0.15, 0.2) is 34.3 Å². The molecule has 0 fully saturated rings. The largest absolute Gasteiger partial charge is 0.386 e. The molecular formula is C11H13BrN2O3S. The Hall–Kier alpha value is -0.920. The molecule has 1 heterocycles. The van der Waals surface area contributed by atoms with Gasteiger partial charge in [-0.15, -0.1) is 0 Å². The quantitative estimate of drug-likeness (QED) is 0.851. The molecule has 5 nitrogen and oxygen atoms in total. The molecule has 1 aliphatic rings.